The van der Waals surface area contributed by atoms with Crippen molar-refractivity contribution in [2.24, 2.45) is 0 Å². The maximum absolute atomic E-state index is 13.2. The zero-order chi connectivity index (χ0) is 26.6. The first-order valence-corrected chi connectivity index (χ1v) is 13.5. The van der Waals surface area contributed by atoms with E-state index in [1.165, 1.54) is 32.1 Å². The highest BCUT2D eigenvalue weighted by atomic mass is 79.9. The number of ether oxygens (including phenoxy) is 3. The van der Waals surface area contributed by atoms with Gasteiger partial charge in [-0.1, -0.05) is 12.1 Å². The predicted molar refractivity (Wildman–Crippen MR) is 139 cm³/mol. The molecule has 0 radical (unpaired) electrons. The molecule has 4 aromatic rings. The molecule has 0 unspecified atom stereocenters. The van der Waals surface area contributed by atoms with Crippen LogP contribution in [0, 0.1) is 0 Å². The molecule has 0 spiro atoms. The van der Waals surface area contributed by atoms with Crippen LogP contribution in [-0.2, 0) is 15.6 Å². The van der Waals surface area contributed by atoms with Crippen LogP contribution in [0.3, 0.4) is 0 Å². The number of halogens is 1. The molecule has 1 N–H and O–H groups in total. The van der Waals surface area contributed by atoms with Gasteiger partial charge in [0.05, 0.1) is 32.8 Å². The van der Waals surface area contributed by atoms with Crippen molar-refractivity contribution in [3.63, 3.8) is 0 Å². The molecule has 0 fully saturated rings. The van der Waals surface area contributed by atoms with E-state index in [9.17, 15) is 13.5 Å². The lowest BCUT2D eigenvalue weighted by Crippen LogP contribution is -2.19. The van der Waals surface area contributed by atoms with Gasteiger partial charge in [0.1, 0.15) is 34.7 Å². The first kappa shape index (κ1) is 26.5. The van der Waals surface area contributed by atoms with E-state index in [-0.39, 0.29) is 17.3 Å². The molecule has 0 aliphatic heterocycles. The Hall–Kier alpha value is -3.55. The van der Waals surface area contributed by atoms with E-state index in [1.54, 1.807) is 48.5 Å². The third-order valence-electron chi connectivity index (χ3n) is 5.37. The Kier molecular flexibility index (Phi) is 8.05. The molecule has 0 saturated heterocycles. The van der Waals surface area contributed by atoms with Gasteiger partial charge in [0.15, 0.2) is 21.5 Å². The van der Waals surface area contributed by atoms with Crippen LogP contribution in [0.15, 0.2) is 59.2 Å². The molecule has 194 valence electrons. The molecule has 1 atom stereocenters. The van der Waals surface area contributed by atoms with Crippen LogP contribution in [0.4, 0.5) is 0 Å². The van der Waals surface area contributed by atoms with Crippen molar-refractivity contribution in [3.05, 3.63) is 70.7 Å². The van der Waals surface area contributed by atoms with Crippen molar-refractivity contribution in [3.8, 4) is 34.6 Å². The van der Waals surface area contributed by atoms with Crippen LogP contribution in [0.25, 0.3) is 17.2 Å². The Morgan fingerprint density at radius 1 is 0.973 bits per heavy atom. The Morgan fingerprint density at radius 3 is 2.30 bits per heavy atom. The van der Waals surface area contributed by atoms with Crippen LogP contribution >= 0.6 is 15.9 Å². The minimum atomic E-state index is -3.90. The first-order valence-electron chi connectivity index (χ1n) is 10.9. The zero-order valence-corrected chi connectivity index (χ0v) is 22.6. The molecule has 37 heavy (non-hydrogen) atoms. The molecule has 3 heterocycles. The average molecular weight is 590 g/mol. The maximum atomic E-state index is 13.2. The summed E-state index contributed by atoms with van der Waals surface area (Å²) in [6, 6.07) is 13.5. The van der Waals surface area contributed by atoms with Gasteiger partial charge in [-0.3, -0.25) is 9.55 Å². The summed E-state index contributed by atoms with van der Waals surface area (Å²) in [5.74, 6) is 0.393. The van der Waals surface area contributed by atoms with Crippen molar-refractivity contribution in [2.75, 3.05) is 27.1 Å². The lowest BCUT2D eigenvalue weighted by molar-refractivity contribution is 0.196. The topological polar surface area (TPSA) is 139 Å². The molecular formula is C24H24BrN5O6S. The smallest absolute Gasteiger partial charge is 0.213 e. The number of rotatable bonds is 10. The zero-order valence-electron chi connectivity index (χ0n) is 20.2. The fourth-order valence-corrected chi connectivity index (χ4v) is 5.27. The van der Waals surface area contributed by atoms with Crippen molar-refractivity contribution in [1.29, 1.82) is 0 Å². The Morgan fingerprint density at radius 2 is 1.68 bits per heavy atom. The number of aliphatic hydroxyl groups excluding tert-OH is 1. The van der Waals surface area contributed by atoms with Gasteiger partial charge in [0, 0.05) is 16.7 Å². The number of pyridine rings is 2. The molecule has 4 rings (SSSR count). The van der Waals surface area contributed by atoms with E-state index in [4.69, 9.17) is 14.2 Å². The van der Waals surface area contributed by atoms with E-state index in [1.807, 2.05) is 0 Å². The quantitative estimate of drug-likeness (QED) is 0.293. The van der Waals surface area contributed by atoms with Crippen molar-refractivity contribution in [1.82, 2.24) is 24.7 Å². The average Bonchev–Trinajstić information content (AvgIpc) is 3.30. The van der Waals surface area contributed by atoms with E-state index in [0.29, 0.717) is 33.2 Å². The number of hydrogen-bond donors (Lipinski definition) is 1. The third kappa shape index (κ3) is 5.89. The highest BCUT2D eigenvalue weighted by Crippen LogP contribution is 2.36. The second kappa shape index (κ2) is 11.2. The first-order chi connectivity index (χ1) is 17.8. The lowest BCUT2D eigenvalue weighted by atomic mass is 10.2. The molecule has 3 aromatic heterocycles. The SMILES string of the molecule is COc1cccc(-c2nnc(CS(=O)(=O)C[C@H](O)c3ccc(Br)cn3)n2-c2c(OC)cccc2OC)n1. The minimum absolute atomic E-state index is 0.0818. The predicted octanol–water partition coefficient (Wildman–Crippen LogP) is 3.16. The van der Waals surface area contributed by atoms with Gasteiger partial charge < -0.3 is 19.3 Å². The normalized spacial score (nSPS) is 12.2. The largest absolute Gasteiger partial charge is 0.494 e. The van der Waals surface area contributed by atoms with Crippen LogP contribution < -0.4 is 14.2 Å². The molecule has 11 nitrogen and oxygen atoms in total. The summed E-state index contributed by atoms with van der Waals surface area (Å²) >= 11 is 3.27. The number of nitrogens with zero attached hydrogens (tertiary/aromatic N) is 5. The van der Waals surface area contributed by atoms with Crippen LogP contribution in [0.2, 0.25) is 0 Å². The summed E-state index contributed by atoms with van der Waals surface area (Å²) in [6.45, 7) is 0. The number of hydrogen-bond acceptors (Lipinski definition) is 10. The molecule has 0 saturated carbocycles. The number of para-hydroxylation sites is 1. The van der Waals surface area contributed by atoms with Gasteiger partial charge in [0.2, 0.25) is 5.88 Å². The molecule has 0 amide bonds. The Labute approximate surface area is 222 Å². The Balaban J connectivity index is 1.80. The molecule has 0 aliphatic carbocycles. The summed E-state index contributed by atoms with van der Waals surface area (Å²) in [5, 5.41) is 19.0. The van der Waals surface area contributed by atoms with Gasteiger partial charge in [-0.25, -0.2) is 13.4 Å². The molecular weight excluding hydrogens is 566 g/mol. The lowest BCUT2D eigenvalue weighted by Gasteiger charge is -2.17. The van der Waals surface area contributed by atoms with E-state index < -0.39 is 27.4 Å². The van der Waals surface area contributed by atoms with Gasteiger partial charge in [-0.2, -0.15) is 0 Å². The highest BCUT2D eigenvalue weighted by Gasteiger charge is 2.28. The van der Waals surface area contributed by atoms with Crippen molar-refractivity contribution < 1.29 is 27.7 Å². The molecule has 0 bridgehead atoms. The summed E-state index contributed by atoms with van der Waals surface area (Å²) in [5.41, 5.74) is 1.03. The highest BCUT2D eigenvalue weighted by molar-refractivity contribution is 9.10. The van der Waals surface area contributed by atoms with Crippen LogP contribution in [-0.4, -0.2) is 65.3 Å². The summed E-state index contributed by atoms with van der Waals surface area (Å²) in [7, 11) is 0.575. The molecule has 0 aliphatic rings. The summed E-state index contributed by atoms with van der Waals surface area (Å²) in [6.07, 6.45) is 0.165. The number of methoxy groups -OCH3 is 3. The van der Waals surface area contributed by atoms with E-state index >= 15 is 0 Å². The third-order valence-corrected chi connectivity index (χ3v) is 7.36. The number of benzene rings is 1. The standard InChI is InChI=1S/C24H24BrN5O6S/c1-34-19-7-5-8-20(35-2)23(19)30-21(28-29-24(30)17-6-4-9-22(27-17)36-3)14-37(32,33)13-18(31)16-11-10-15(25)12-26-16/h4-12,18,31H,13-14H2,1-3H3/t18-/m0/s1. The van der Waals surface area contributed by atoms with Gasteiger partial charge >= 0.3 is 0 Å². The second-order valence-electron chi connectivity index (χ2n) is 7.82. The fraction of sp³-hybridized carbons (Fsp3) is 0.250. The fourth-order valence-electron chi connectivity index (χ4n) is 3.68. The number of aromatic nitrogens is 5. The van der Waals surface area contributed by atoms with Crippen molar-refractivity contribution in [2.45, 2.75) is 11.9 Å². The van der Waals surface area contributed by atoms with Crippen molar-refractivity contribution >= 4 is 25.8 Å². The van der Waals surface area contributed by atoms with Crippen LogP contribution in [0.5, 0.6) is 17.4 Å². The summed E-state index contributed by atoms with van der Waals surface area (Å²) in [4.78, 5) is 8.53. The monoisotopic (exact) mass is 589 g/mol. The minimum Gasteiger partial charge on any atom is -0.494 e. The van der Waals surface area contributed by atoms with Gasteiger partial charge in [-0.15, -0.1) is 10.2 Å². The summed E-state index contributed by atoms with van der Waals surface area (Å²) < 4.78 is 45.0. The van der Waals surface area contributed by atoms with E-state index in [0.717, 1.165) is 0 Å². The number of sulfone groups is 1. The van der Waals surface area contributed by atoms with E-state index in [2.05, 4.69) is 36.1 Å². The maximum Gasteiger partial charge on any atom is 0.213 e. The van der Waals surface area contributed by atoms with Gasteiger partial charge in [0.25, 0.3) is 0 Å². The van der Waals surface area contributed by atoms with Gasteiger partial charge in [-0.05, 0) is 46.3 Å². The Bertz CT molecular complexity index is 1470. The number of aliphatic hydroxyl groups is 1. The van der Waals surface area contributed by atoms with Crippen LogP contribution in [0.1, 0.15) is 17.6 Å². The molecule has 13 heteroatoms. The molecule has 1 aromatic carbocycles. The second-order valence-corrected chi connectivity index (χ2v) is 10.8.